The van der Waals surface area contributed by atoms with Crippen molar-refractivity contribution < 1.29 is 5.11 Å². The lowest BCUT2D eigenvalue weighted by atomic mass is 9.96. The number of unbranched alkanes of at least 4 members (excludes halogenated alkanes) is 1. The van der Waals surface area contributed by atoms with Crippen LogP contribution in [-0.2, 0) is 0 Å². The fourth-order valence-corrected chi connectivity index (χ4v) is 1.54. The van der Waals surface area contributed by atoms with E-state index in [4.69, 9.17) is 0 Å². The zero-order valence-electron chi connectivity index (χ0n) is 11.1. The molecule has 0 aromatic carbocycles. The number of hydrogen-bond donors (Lipinski definition) is 2. The van der Waals surface area contributed by atoms with Gasteiger partial charge in [0.15, 0.2) is 0 Å². The van der Waals surface area contributed by atoms with E-state index in [1.54, 1.807) is 0 Å². The molecule has 0 aliphatic carbocycles. The van der Waals surface area contributed by atoms with Gasteiger partial charge in [0.05, 0.1) is 5.60 Å². The lowest BCUT2D eigenvalue weighted by molar-refractivity contribution is 0.0426. The maximum Gasteiger partial charge on any atom is 0.0741 e. The molecule has 0 saturated heterocycles. The molecule has 0 amide bonds. The Morgan fingerprint density at radius 3 is 2.27 bits per heavy atom. The van der Waals surface area contributed by atoms with E-state index in [2.05, 4.69) is 19.2 Å². The number of rotatable bonds is 8. The first-order chi connectivity index (χ1) is 6.91. The van der Waals surface area contributed by atoms with Crippen LogP contribution < -0.4 is 5.32 Å². The van der Waals surface area contributed by atoms with Crippen molar-refractivity contribution in [2.75, 3.05) is 6.54 Å². The fourth-order valence-electron chi connectivity index (χ4n) is 1.54. The molecule has 2 heteroatoms. The van der Waals surface area contributed by atoms with Crippen molar-refractivity contribution in [3.8, 4) is 0 Å². The molecule has 15 heavy (non-hydrogen) atoms. The van der Waals surface area contributed by atoms with E-state index in [1.807, 2.05) is 20.8 Å². The second-order valence-electron chi connectivity index (χ2n) is 5.20. The minimum absolute atomic E-state index is 0.160. The van der Waals surface area contributed by atoms with Crippen LogP contribution in [-0.4, -0.2) is 23.3 Å². The summed E-state index contributed by atoms with van der Waals surface area (Å²) in [5.74, 6) is 0.759. The van der Waals surface area contributed by atoms with Crippen LogP contribution in [0.1, 0.15) is 60.3 Å². The van der Waals surface area contributed by atoms with Gasteiger partial charge in [-0.1, -0.05) is 33.1 Å². The topological polar surface area (TPSA) is 32.3 Å². The van der Waals surface area contributed by atoms with Gasteiger partial charge in [0.25, 0.3) is 0 Å². The van der Waals surface area contributed by atoms with Crippen molar-refractivity contribution in [3.63, 3.8) is 0 Å². The first-order valence-electron chi connectivity index (χ1n) is 6.37. The molecule has 0 aliphatic heterocycles. The quantitative estimate of drug-likeness (QED) is 0.652. The average Bonchev–Trinajstić information content (AvgIpc) is 2.16. The highest BCUT2D eigenvalue weighted by atomic mass is 16.3. The lowest BCUT2D eigenvalue weighted by Crippen LogP contribution is -2.46. The predicted octanol–water partition coefficient (Wildman–Crippen LogP) is 2.95. The molecule has 2 nitrogen and oxygen atoms in total. The zero-order valence-corrected chi connectivity index (χ0v) is 11.1. The van der Waals surface area contributed by atoms with Crippen LogP contribution in [0.25, 0.3) is 0 Å². The van der Waals surface area contributed by atoms with Gasteiger partial charge in [-0.15, -0.1) is 0 Å². The molecule has 0 saturated carbocycles. The van der Waals surface area contributed by atoms with Crippen LogP contribution in [0.15, 0.2) is 0 Å². The minimum atomic E-state index is -0.622. The Kier molecular flexibility index (Phi) is 7.20. The molecule has 0 aliphatic rings. The minimum Gasteiger partial charge on any atom is -0.389 e. The van der Waals surface area contributed by atoms with E-state index in [-0.39, 0.29) is 6.04 Å². The zero-order chi connectivity index (χ0) is 11.9. The smallest absolute Gasteiger partial charge is 0.0741 e. The van der Waals surface area contributed by atoms with Gasteiger partial charge in [0.2, 0.25) is 0 Å². The third kappa shape index (κ3) is 6.91. The summed E-state index contributed by atoms with van der Waals surface area (Å²) in [5, 5.41) is 13.2. The van der Waals surface area contributed by atoms with Crippen molar-refractivity contribution in [2.24, 2.45) is 5.92 Å². The summed E-state index contributed by atoms with van der Waals surface area (Å²) in [4.78, 5) is 0. The van der Waals surface area contributed by atoms with Gasteiger partial charge in [-0.05, 0) is 39.7 Å². The summed E-state index contributed by atoms with van der Waals surface area (Å²) in [5.41, 5.74) is -0.622. The summed E-state index contributed by atoms with van der Waals surface area (Å²) in [6.45, 7) is 11.3. The first-order valence-corrected chi connectivity index (χ1v) is 6.37. The van der Waals surface area contributed by atoms with Gasteiger partial charge in [-0.3, -0.25) is 0 Å². The fraction of sp³-hybridized carbons (Fsp3) is 1.00. The first kappa shape index (κ1) is 14.9. The van der Waals surface area contributed by atoms with Crippen molar-refractivity contribution in [1.82, 2.24) is 5.32 Å². The summed E-state index contributed by atoms with van der Waals surface area (Å²) >= 11 is 0. The van der Waals surface area contributed by atoms with Gasteiger partial charge >= 0.3 is 0 Å². The van der Waals surface area contributed by atoms with Crippen LogP contribution in [0.5, 0.6) is 0 Å². The molecule has 2 N–H and O–H groups in total. The Morgan fingerprint density at radius 1 is 1.27 bits per heavy atom. The third-order valence-electron chi connectivity index (χ3n) is 3.32. The maximum atomic E-state index is 9.79. The highest BCUT2D eigenvalue weighted by molar-refractivity contribution is 4.80. The van der Waals surface area contributed by atoms with E-state index < -0.39 is 5.60 Å². The van der Waals surface area contributed by atoms with Crippen molar-refractivity contribution in [2.45, 2.75) is 71.9 Å². The Bertz CT molecular complexity index is 151. The number of nitrogens with one attached hydrogen (secondary N) is 1. The average molecular weight is 215 g/mol. The third-order valence-corrected chi connectivity index (χ3v) is 3.32. The van der Waals surface area contributed by atoms with Crippen molar-refractivity contribution in [3.05, 3.63) is 0 Å². The van der Waals surface area contributed by atoms with Gasteiger partial charge in [-0.2, -0.15) is 0 Å². The molecule has 0 aromatic rings. The SMILES string of the molecule is CCCCC(CC)CNC(C)C(C)(C)O. The van der Waals surface area contributed by atoms with Crippen LogP contribution in [0.2, 0.25) is 0 Å². The van der Waals surface area contributed by atoms with Crippen LogP contribution in [0.3, 0.4) is 0 Å². The standard InChI is InChI=1S/C13H29NO/c1-6-8-9-12(7-2)10-14-11(3)13(4,5)15/h11-12,14-15H,6-10H2,1-5H3. The summed E-state index contributed by atoms with van der Waals surface area (Å²) in [7, 11) is 0. The Morgan fingerprint density at radius 2 is 1.87 bits per heavy atom. The molecule has 0 bridgehead atoms. The molecule has 0 aromatic heterocycles. The molecule has 0 rings (SSSR count). The summed E-state index contributed by atoms with van der Waals surface area (Å²) in [6.07, 6.45) is 5.12. The second kappa shape index (κ2) is 7.24. The van der Waals surface area contributed by atoms with Crippen LogP contribution >= 0.6 is 0 Å². The highest BCUT2D eigenvalue weighted by Gasteiger charge is 2.22. The van der Waals surface area contributed by atoms with E-state index in [0.29, 0.717) is 0 Å². The Labute approximate surface area is 95.5 Å². The highest BCUT2D eigenvalue weighted by Crippen LogP contribution is 2.13. The molecule has 0 spiro atoms. The van der Waals surface area contributed by atoms with E-state index in [0.717, 1.165) is 12.5 Å². The van der Waals surface area contributed by atoms with E-state index >= 15 is 0 Å². The monoisotopic (exact) mass is 215 g/mol. The summed E-state index contributed by atoms with van der Waals surface area (Å²) < 4.78 is 0. The molecule has 2 unspecified atom stereocenters. The number of aliphatic hydroxyl groups is 1. The van der Waals surface area contributed by atoms with E-state index in [9.17, 15) is 5.11 Å². The van der Waals surface area contributed by atoms with E-state index in [1.165, 1.54) is 25.7 Å². The Hall–Kier alpha value is -0.0800. The van der Waals surface area contributed by atoms with Crippen LogP contribution in [0, 0.1) is 5.92 Å². The van der Waals surface area contributed by atoms with Gasteiger partial charge < -0.3 is 10.4 Å². The molecular weight excluding hydrogens is 186 g/mol. The number of hydrogen-bond acceptors (Lipinski definition) is 2. The maximum absolute atomic E-state index is 9.79. The van der Waals surface area contributed by atoms with Gasteiger partial charge in [0.1, 0.15) is 0 Å². The van der Waals surface area contributed by atoms with Crippen LogP contribution in [0.4, 0.5) is 0 Å². The molecule has 0 fully saturated rings. The molecule has 0 radical (unpaired) electrons. The Balaban J connectivity index is 3.79. The van der Waals surface area contributed by atoms with Gasteiger partial charge in [0, 0.05) is 6.04 Å². The summed E-state index contributed by atoms with van der Waals surface area (Å²) in [6, 6.07) is 0.160. The predicted molar refractivity (Wildman–Crippen MR) is 67.1 cm³/mol. The largest absolute Gasteiger partial charge is 0.389 e. The second-order valence-corrected chi connectivity index (χ2v) is 5.20. The van der Waals surface area contributed by atoms with Crippen molar-refractivity contribution >= 4 is 0 Å². The molecule has 92 valence electrons. The van der Waals surface area contributed by atoms with Crippen molar-refractivity contribution in [1.29, 1.82) is 0 Å². The van der Waals surface area contributed by atoms with Gasteiger partial charge in [-0.25, -0.2) is 0 Å². The molecular formula is C13H29NO. The lowest BCUT2D eigenvalue weighted by Gasteiger charge is -2.28. The normalized spacial score (nSPS) is 16.4. The molecule has 2 atom stereocenters. The molecule has 0 heterocycles.